The number of methoxy groups -OCH3 is 1. The number of rotatable bonds is 4. The number of benzene rings is 2. The number of aliphatic imine (C=N–C) groups is 1. The van der Waals surface area contributed by atoms with Crippen molar-refractivity contribution in [2.45, 2.75) is 19.8 Å². The van der Waals surface area contributed by atoms with Gasteiger partial charge in [-0.05, 0) is 48.4 Å². The molecule has 0 aliphatic carbocycles. The molecule has 0 unspecified atom stereocenters. The molecule has 0 aliphatic rings. The zero-order valence-electron chi connectivity index (χ0n) is 12.5. The zero-order chi connectivity index (χ0) is 14.9. The summed E-state index contributed by atoms with van der Waals surface area (Å²) >= 11 is 0. The number of unbranched alkanes of at least 4 members (excludes halogenated alkanes) is 1. The van der Waals surface area contributed by atoms with Crippen LogP contribution in [-0.2, 0) is 0 Å². The molecular weight excluding hydrogens is 258 g/mol. The fourth-order valence-electron chi connectivity index (χ4n) is 1.81. The minimum atomic E-state index is 0.845. The topological polar surface area (TPSA) is 21.6 Å². The van der Waals surface area contributed by atoms with Gasteiger partial charge in [0.2, 0.25) is 0 Å². The molecular formula is C19H19NO. The van der Waals surface area contributed by atoms with E-state index in [-0.39, 0.29) is 0 Å². The Kier molecular flexibility index (Phi) is 5.60. The van der Waals surface area contributed by atoms with Crippen LogP contribution in [0.1, 0.15) is 30.9 Å². The molecule has 2 aromatic carbocycles. The second-order valence-electron chi connectivity index (χ2n) is 4.60. The average Bonchev–Trinajstić information content (AvgIpc) is 2.54. The summed E-state index contributed by atoms with van der Waals surface area (Å²) in [5, 5.41) is 0. The fraction of sp³-hybridized carbons (Fsp3) is 0.211. The number of nitrogens with zero attached hydrogens (tertiary/aromatic N) is 1. The van der Waals surface area contributed by atoms with Crippen LogP contribution in [0.2, 0.25) is 0 Å². The lowest BCUT2D eigenvalue weighted by Crippen LogP contribution is -1.84. The largest absolute Gasteiger partial charge is 0.497 e. The molecule has 0 radical (unpaired) electrons. The first kappa shape index (κ1) is 14.9. The van der Waals surface area contributed by atoms with Gasteiger partial charge in [0.15, 0.2) is 0 Å². The molecule has 2 heteroatoms. The maximum absolute atomic E-state index is 5.14. The Morgan fingerprint density at radius 3 is 2.57 bits per heavy atom. The molecule has 2 rings (SSSR count). The fourth-order valence-corrected chi connectivity index (χ4v) is 1.81. The minimum Gasteiger partial charge on any atom is -0.497 e. The predicted molar refractivity (Wildman–Crippen MR) is 88.5 cm³/mol. The summed E-state index contributed by atoms with van der Waals surface area (Å²) in [6.45, 7) is 2.13. The molecule has 0 amide bonds. The van der Waals surface area contributed by atoms with Gasteiger partial charge in [0.25, 0.3) is 0 Å². The summed E-state index contributed by atoms with van der Waals surface area (Å²) in [7, 11) is 1.66. The highest BCUT2D eigenvalue weighted by Gasteiger charge is 1.96. The maximum atomic E-state index is 5.14. The molecule has 0 heterocycles. The Labute approximate surface area is 126 Å². The summed E-state index contributed by atoms with van der Waals surface area (Å²) in [6, 6.07) is 15.8. The highest BCUT2D eigenvalue weighted by molar-refractivity contribution is 5.82. The smallest absolute Gasteiger partial charge is 0.118 e. The summed E-state index contributed by atoms with van der Waals surface area (Å²) in [4.78, 5) is 4.54. The van der Waals surface area contributed by atoms with Crippen LogP contribution in [0.25, 0.3) is 0 Å². The van der Waals surface area contributed by atoms with Crippen LogP contribution in [0.3, 0.4) is 0 Å². The highest BCUT2D eigenvalue weighted by atomic mass is 16.5. The molecule has 0 atom stereocenters. The van der Waals surface area contributed by atoms with Crippen molar-refractivity contribution in [3.8, 4) is 17.6 Å². The van der Waals surface area contributed by atoms with Crippen molar-refractivity contribution in [3.63, 3.8) is 0 Å². The molecule has 2 aromatic rings. The molecule has 2 nitrogen and oxygen atoms in total. The predicted octanol–water partition coefficient (Wildman–Crippen LogP) is 4.60. The number of ether oxygens (including phenoxy) is 1. The maximum Gasteiger partial charge on any atom is 0.118 e. The number of hydrogen-bond donors (Lipinski definition) is 0. The summed E-state index contributed by atoms with van der Waals surface area (Å²) in [6.07, 6.45) is 3.83. The quantitative estimate of drug-likeness (QED) is 0.591. The monoisotopic (exact) mass is 277 g/mol. The molecule has 0 N–H and O–H groups in total. The molecule has 0 saturated heterocycles. The van der Waals surface area contributed by atoms with E-state index in [4.69, 9.17) is 4.74 Å². The SMILES string of the molecule is CCCC#Cc1ccccc1N=Cc1ccc(OC)cc1. The molecule has 0 saturated carbocycles. The third-order valence-electron chi connectivity index (χ3n) is 2.97. The van der Waals surface area contributed by atoms with Gasteiger partial charge in [-0.2, -0.15) is 0 Å². The molecule has 0 aromatic heterocycles. The second-order valence-corrected chi connectivity index (χ2v) is 4.60. The van der Waals surface area contributed by atoms with E-state index < -0.39 is 0 Å². The second kappa shape index (κ2) is 7.91. The Morgan fingerprint density at radius 1 is 1.10 bits per heavy atom. The van der Waals surface area contributed by atoms with Gasteiger partial charge < -0.3 is 4.74 Å². The van der Waals surface area contributed by atoms with Crippen molar-refractivity contribution in [1.29, 1.82) is 0 Å². The Bertz CT molecular complexity index is 660. The van der Waals surface area contributed by atoms with Crippen molar-refractivity contribution in [3.05, 3.63) is 59.7 Å². The number of para-hydroxylation sites is 1. The van der Waals surface area contributed by atoms with E-state index in [0.29, 0.717) is 0 Å². The van der Waals surface area contributed by atoms with Crippen molar-refractivity contribution >= 4 is 11.9 Å². The molecule has 0 fully saturated rings. The lowest BCUT2D eigenvalue weighted by molar-refractivity contribution is 0.415. The summed E-state index contributed by atoms with van der Waals surface area (Å²) in [5.41, 5.74) is 2.90. The normalized spacial score (nSPS) is 10.2. The summed E-state index contributed by atoms with van der Waals surface area (Å²) in [5.74, 6) is 7.19. The highest BCUT2D eigenvalue weighted by Crippen LogP contribution is 2.18. The van der Waals surface area contributed by atoms with E-state index in [9.17, 15) is 0 Å². The summed E-state index contributed by atoms with van der Waals surface area (Å²) < 4.78 is 5.14. The van der Waals surface area contributed by atoms with Crippen LogP contribution < -0.4 is 4.74 Å². The van der Waals surface area contributed by atoms with E-state index in [1.54, 1.807) is 7.11 Å². The van der Waals surface area contributed by atoms with Gasteiger partial charge in [-0.25, -0.2) is 0 Å². The lowest BCUT2D eigenvalue weighted by atomic mass is 10.1. The van der Waals surface area contributed by atoms with Crippen LogP contribution >= 0.6 is 0 Å². The van der Waals surface area contributed by atoms with Gasteiger partial charge in [-0.1, -0.05) is 30.9 Å². The first-order valence-electron chi connectivity index (χ1n) is 7.09. The first-order valence-corrected chi connectivity index (χ1v) is 7.09. The zero-order valence-corrected chi connectivity index (χ0v) is 12.5. The molecule has 0 bridgehead atoms. The molecule has 21 heavy (non-hydrogen) atoms. The standard InChI is InChI=1S/C19H19NO/c1-3-4-5-8-17-9-6-7-10-19(17)20-15-16-11-13-18(21-2)14-12-16/h6-7,9-15H,3-4H2,1-2H3. The van der Waals surface area contributed by atoms with Gasteiger partial charge in [0.1, 0.15) is 5.75 Å². The minimum absolute atomic E-state index is 0.845. The van der Waals surface area contributed by atoms with Crippen molar-refractivity contribution in [2.75, 3.05) is 7.11 Å². The van der Waals surface area contributed by atoms with Gasteiger partial charge in [-0.15, -0.1) is 0 Å². The third kappa shape index (κ3) is 4.50. The van der Waals surface area contributed by atoms with E-state index in [1.807, 2.05) is 54.7 Å². The van der Waals surface area contributed by atoms with Crippen molar-refractivity contribution in [1.82, 2.24) is 0 Å². The van der Waals surface area contributed by atoms with Crippen molar-refractivity contribution < 1.29 is 4.74 Å². The van der Waals surface area contributed by atoms with E-state index in [2.05, 4.69) is 23.8 Å². The molecule has 106 valence electrons. The Morgan fingerprint density at radius 2 is 1.86 bits per heavy atom. The van der Waals surface area contributed by atoms with Crippen molar-refractivity contribution in [2.24, 2.45) is 4.99 Å². The van der Waals surface area contributed by atoms with Crippen LogP contribution in [0.4, 0.5) is 5.69 Å². The van der Waals surface area contributed by atoms with Gasteiger partial charge in [-0.3, -0.25) is 4.99 Å². The Balaban J connectivity index is 2.18. The van der Waals surface area contributed by atoms with E-state index in [0.717, 1.165) is 35.4 Å². The van der Waals surface area contributed by atoms with Crippen LogP contribution in [0.5, 0.6) is 5.75 Å². The molecule has 0 spiro atoms. The Hall–Kier alpha value is -2.53. The van der Waals surface area contributed by atoms with Gasteiger partial charge >= 0.3 is 0 Å². The van der Waals surface area contributed by atoms with Gasteiger partial charge in [0.05, 0.1) is 18.4 Å². The van der Waals surface area contributed by atoms with Gasteiger partial charge in [0, 0.05) is 12.6 Å². The lowest BCUT2D eigenvalue weighted by Gasteiger charge is -2.00. The van der Waals surface area contributed by atoms with Crippen LogP contribution in [0.15, 0.2) is 53.5 Å². The average molecular weight is 277 g/mol. The first-order chi connectivity index (χ1) is 10.3. The third-order valence-corrected chi connectivity index (χ3v) is 2.97. The van der Waals surface area contributed by atoms with E-state index in [1.165, 1.54) is 0 Å². The van der Waals surface area contributed by atoms with E-state index >= 15 is 0 Å². The number of hydrogen-bond acceptors (Lipinski definition) is 2. The van der Waals surface area contributed by atoms with Crippen LogP contribution in [-0.4, -0.2) is 13.3 Å². The molecule has 0 aliphatic heterocycles. The van der Waals surface area contributed by atoms with Crippen LogP contribution in [0, 0.1) is 11.8 Å².